The first-order valence-corrected chi connectivity index (χ1v) is 8.20. The molecular formula is C18H21NS. The predicted molar refractivity (Wildman–Crippen MR) is 87.4 cm³/mol. The lowest BCUT2D eigenvalue weighted by atomic mass is 9.98. The topological polar surface area (TPSA) is 12.0 Å². The van der Waals surface area contributed by atoms with Crippen molar-refractivity contribution >= 4 is 11.8 Å². The van der Waals surface area contributed by atoms with E-state index in [0.29, 0.717) is 11.3 Å². The molecule has 2 aromatic rings. The fraction of sp³-hybridized carbons (Fsp3) is 0.333. The SMILES string of the molecule is CCNC(c1ccc(C)cc1)C1Cc2ccccc2S1. The minimum absolute atomic E-state index is 0.429. The molecule has 2 aromatic carbocycles. The molecule has 104 valence electrons. The molecule has 0 aromatic heterocycles. The molecule has 3 rings (SSSR count). The quantitative estimate of drug-likeness (QED) is 0.894. The average Bonchev–Trinajstić information content (AvgIpc) is 2.89. The van der Waals surface area contributed by atoms with Gasteiger partial charge in [0.05, 0.1) is 0 Å². The first-order chi connectivity index (χ1) is 9.78. The largest absolute Gasteiger partial charge is 0.309 e. The van der Waals surface area contributed by atoms with Crippen LogP contribution in [0, 0.1) is 6.92 Å². The van der Waals surface area contributed by atoms with Gasteiger partial charge in [0.25, 0.3) is 0 Å². The maximum absolute atomic E-state index is 3.67. The van der Waals surface area contributed by atoms with Gasteiger partial charge in [-0.2, -0.15) is 0 Å². The van der Waals surface area contributed by atoms with Gasteiger partial charge in [-0.15, -0.1) is 11.8 Å². The van der Waals surface area contributed by atoms with Crippen molar-refractivity contribution in [1.82, 2.24) is 5.32 Å². The van der Waals surface area contributed by atoms with E-state index in [9.17, 15) is 0 Å². The number of hydrogen-bond acceptors (Lipinski definition) is 2. The minimum Gasteiger partial charge on any atom is -0.309 e. The summed E-state index contributed by atoms with van der Waals surface area (Å²) >= 11 is 2.02. The number of fused-ring (bicyclic) bond motifs is 1. The second-order valence-corrected chi connectivity index (χ2v) is 6.70. The molecule has 0 spiro atoms. The average molecular weight is 283 g/mol. The van der Waals surface area contributed by atoms with E-state index in [1.54, 1.807) is 0 Å². The molecule has 0 bridgehead atoms. The van der Waals surface area contributed by atoms with Crippen molar-refractivity contribution in [2.24, 2.45) is 0 Å². The van der Waals surface area contributed by atoms with Crippen LogP contribution in [0.1, 0.15) is 29.7 Å². The van der Waals surface area contributed by atoms with E-state index >= 15 is 0 Å². The van der Waals surface area contributed by atoms with Crippen LogP contribution in [0.15, 0.2) is 53.4 Å². The highest BCUT2D eigenvalue weighted by molar-refractivity contribution is 8.00. The zero-order valence-electron chi connectivity index (χ0n) is 12.1. The highest BCUT2D eigenvalue weighted by atomic mass is 32.2. The van der Waals surface area contributed by atoms with E-state index in [1.807, 2.05) is 11.8 Å². The molecule has 1 nitrogen and oxygen atoms in total. The van der Waals surface area contributed by atoms with Crippen LogP contribution in [0.25, 0.3) is 0 Å². The van der Waals surface area contributed by atoms with Crippen molar-refractivity contribution in [3.63, 3.8) is 0 Å². The van der Waals surface area contributed by atoms with E-state index in [2.05, 4.69) is 67.7 Å². The van der Waals surface area contributed by atoms with Gasteiger partial charge < -0.3 is 5.32 Å². The Kier molecular flexibility index (Phi) is 4.13. The highest BCUT2D eigenvalue weighted by Crippen LogP contribution is 2.42. The van der Waals surface area contributed by atoms with Crippen LogP contribution in [0.3, 0.4) is 0 Å². The molecule has 2 atom stereocenters. The van der Waals surface area contributed by atoms with Gasteiger partial charge in [0, 0.05) is 16.2 Å². The minimum atomic E-state index is 0.429. The van der Waals surface area contributed by atoms with Crippen LogP contribution in [-0.2, 0) is 6.42 Å². The van der Waals surface area contributed by atoms with Crippen LogP contribution in [0.2, 0.25) is 0 Å². The van der Waals surface area contributed by atoms with Gasteiger partial charge in [-0.1, -0.05) is 55.0 Å². The Balaban J connectivity index is 1.84. The third-order valence-electron chi connectivity index (χ3n) is 3.90. The van der Waals surface area contributed by atoms with Gasteiger partial charge in [-0.25, -0.2) is 0 Å². The number of rotatable bonds is 4. The number of benzene rings is 2. The molecular weight excluding hydrogens is 262 g/mol. The van der Waals surface area contributed by atoms with Crippen molar-refractivity contribution in [2.75, 3.05) is 6.54 Å². The molecule has 20 heavy (non-hydrogen) atoms. The van der Waals surface area contributed by atoms with E-state index in [1.165, 1.54) is 21.6 Å². The molecule has 1 aliphatic rings. The van der Waals surface area contributed by atoms with E-state index in [-0.39, 0.29) is 0 Å². The summed E-state index contributed by atoms with van der Waals surface area (Å²) in [4.78, 5) is 1.45. The smallest absolute Gasteiger partial charge is 0.0447 e. The van der Waals surface area contributed by atoms with Crippen molar-refractivity contribution in [3.8, 4) is 0 Å². The lowest BCUT2D eigenvalue weighted by Crippen LogP contribution is -2.29. The fourth-order valence-electron chi connectivity index (χ4n) is 2.85. The zero-order chi connectivity index (χ0) is 13.9. The lowest BCUT2D eigenvalue weighted by Gasteiger charge is -2.24. The third kappa shape index (κ3) is 2.77. The Morgan fingerprint density at radius 3 is 2.60 bits per heavy atom. The monoisotopic (exact) mass is 283 g/mol. The summed E-state index contributed by atoms with van der Waals surface area (Å²) < 4.78 is 0. The molecule has 0 amide bonds. The van der Waals surface area contributed by atoms with Crippen LogP contribution in [-0.4, -0.2) is 11.8 Å². The summed E-state index contributed by atoms with van der Waals surface area (Å²) in [6, 6.07) is 18.2. The second kappa shape index (κ2) is 6.02. The van der Waals surface area contributed by atoms with Gasteiger partial charge in [0.1, 0.15) is 0 Å². The molecule has 1 heterocycles. The summed E-state index contributed by atoms with van der Waals surface area (Å²) in [5, 5.41) is 4.27. The summed E-state index contributed by atoms with van der Waals surface area (Å²) in [7, 11) is 0. The van der Waals surface area contributed by atoms with E-state index in [0.717, 1.165) is 13.0 Å². The van der Waals surface area contributed by atoms with Crippen LogP contribution < -0.4 is 5.32 Å². The van der Waals surface area contributed by atoms with E-state index in [4.69, 9.17) is 0 Å². The van der Waals surface area contributed by atoms with Crippen molar-refractivity contribution in [1.29, 1.82) is 0 Å². The Hall–Kier alpha value is -1.25. The first-order valence-electron chi connectivity index (χ1n) is 7.32. The van der Waals surface area contributed by atoms with Crippen LogP contribution in [0.5, 0.6) is 0 Å². The van der Waals surface area contributed by atoms with Crippen molar-refractivity contribution in [3.05, 3.63) is 65.2 Å². The number of nitrogens with one attached hydrogen (secondary N) is 1. The summed E-state index contributed by atoms with van der Waals surface area (Å²) in [5.74, 6) is 0. The third-order valence-corrected chi connectivity index (χ3v) is 5.30. The van der Waals surface area contributed by atoms with Gasteiger partial charge in [-0.3, -0.25) is 0 Å². The zero-order valence-corrected chi connectivity index (χ0v) is 12.9. The maximum Gasteiger partial charge on any atom is 0.0447 e. The number of aryl methyl sites for hydroxylation is 1. The van der Waals surface area contributed by atoms with E-state index < -0.39 is 0 Å². The molecule has 0 fully saturated rings. The normalized spacial score (nSPS) is 18.8. The summed E-state index contributed by atoms with van der Waals surface area (Å²) in [6.07, 6.45) is 1.16. The highest BCUT2D eigenvalue weighted by Gasteiger charge is 2.29. The van der Waals surface area contributed by atoms with Crippen molar-refractivity contribution in [2.45, 2.75) is 36.5 Å². The molecule has 0 saturated carbocycles. The van der Waals surface area contributed by atoms with Gasteiger partial charge >= 0.3 is 0 Å². The van der Waals surface area contributed by atoms with Gasteiger partial charge in [0.15, 0.2) is 0 Å². The van der Waals surface area contributed by atoms with Crippen LogP contribution in [0.4, 0.5) is 0 Å². The lowest BCUT2D eigenvalue weighted by molar-refractivity contribution is 0.531. The molecule has 0 aliphatic carbocycles. The maximum atomic E-state index is 3.67. The second-order valence-electron chi connectivity index (χ2n) is 5.41. The predicted octanol–water partition coefficient (Wildman–Crippen LogP) is 4.36. The first kappa shape index (κ1) is 13.7. The molecule has 2 heteroatoms. The standard InChI is InChI=1S/C18H21NS/c1-3-19-18(14-10-8-13(2)9-11-14)17-12-15-6-4-5-7-16(15)20-17/h4-11,17-19H,3,12H2,1-2H3. The Morgan fingerprint density at radius 1 is 1.15 bits per heavy atom. The number of hydrogen-bond donors (Lipinski definition) is 1. The Morgan fingerprint density at radius 2 is 1.90 bits per heavy atom. The van der Waals surface area contributed by atoms with Crippen molar-refractivity contribution < 1.29 is 0 Å². The summed E-state index contributed by atoms with van der Waals surface area (Å²) in [6.45, 7) is 5.34. The van der Waals surface area contributed by atoms with Gasteiger partial charge in [-0.05, 0) is 37.1 Å². The Bertz CT molecular complexity index is 551. The molecule has 1 N–H and O–H groups in total. The molecule has 0 radical (unpaired) electrons. The van der Waals surface area contributed by atoms with Gasteiger partial charge in [0.2, 0.25) is 0 Å². The summed E-state index contributed by atoms with van der Waals surface area (Å²) in [5.41, 5.74) is 4.23. The molecule has 0 saturated heterocycles. The molecule has 1 aliphatic heterocycles. The fourth-order valence-corrected chi connectivity index (χ4v) is 4.29. The van der Waals surface area contributed by atoms with Crippen LogP contribution >= 0.6 is 11.8 Å². The number of thioether (sulfide) groups is 1. The Labute approximate surface area is 125 Å². The molecule has 2 unspecified atom stereocenters.